The van der Waals surface area contributed by atoms with Crippen molar-refractivity contribution < 1.29 is 14.6 Å². The van der Waals surface area contributed by atoms with Gasteiger partial charge in [-0.15, -0.1) is 0 Å². The highest BCUT2D eigenvalue weighted by molar-refractivity contribution is 5.78. The highest BCUT2D eigenvalue weighted by Gasteiger charge is 2.36. The summed E-state index contributed by atoms with van der Waals surface area (Å²) in [6, 6.07) is 29.7. The van der Waals surface area contributed by atoms with Gasteiger partial charge in [-0.05, 0) is 29.2 Å². The first-order chi connectivity index (χ1) is 16.6. The van der Waals surface area contributed by atoms with Crippen molar-refractivity contribution in [3.63, 3.8) is 0 Å². The van der Waals surface area contributed by atoms with E-state index in [1.54, 1.807) is 0 Å². The molecule has 0 saturated heterocycles. The minimum absolute atomic E-state index is 0.00424. The molecule has 0 radical (unpaired) electrons. The second kappa shape index (κ2) is 11.5. The summed E-state index contributed by atoms with van der Waals surface area (Å²) < 4.78 is 6.11. The predicted octanol–water partition coefficient (Wildman–Crippen LogP) is 5.14. The highest BCUT2D eigenvalue weighted by atomic mass is 16.5. The molecule has 0 saturated carbocycles. The van der Waals surface area contributed by atoms with Crippen molar-refractivity contribution >= 4 is 5.91 Å². The molecule has 2 N–H and O–H groups in total. The van der Waals surface area contributed by atoms with Gasteiger partial charge in [-0.3, -0.25) is 4.79 Å². The number of carbonyl (C=O) groups excluding carboxylic acids is 1. The molecule has 0 heterocycles. The van der Waals surface area contributed by atoms with Crippen LogP contribution < -0.4 is 5.32 Å². The van der Waals surface area contributed by atoms with Crippen molar-refractivity contribution in [1.82, 2.24) is 5.32 Å². The average Bonchev–Trinajstić information content (AvgIpc) is 2.85. The third kappa shape index (κ3) is 6.69. The maximum Gasteiger partial charge on any atom is 0.224 e. The largest absolute Gasteiger partial charge is 0.490 e. The molecule has 4 rings (SSSR count). The molecular weight excluding hydrogens is 422 g/mol. The molecule has 1 amide bonds. The lowest BCUT2D eigenvalue weighted by Crippen LogP contribution is -2.37. The molecule has 0 aliphatic heterocycles. The summed E-state index contributed by atoms with van der Waals surface area (Å²) in [7, 11) is 0. The van der Waals surface area contributed by atoms with Crippen LogP contribution in [0.5, 0.6) is 0 Å². The van der Waals surface area contributed by atoms with Crippen LogP contribution in [0.2, 0.25) is 0 Å². The van der Waals surface area contributed by atoms with E-state index in [9.17, 15) is 9.90 Å². The van der Waals surface area contributed by atoms with Crippen molar-refractivity contribution in [2.45, 2.75) is 37.9 Å². The summed E-state index contributed by atoms with van der Waals surface area (Å²) in [6.45, 7) is 0.940. The quantitative estimate of drug-likeness (QED) is 0.447. The van der Waals surface area contributed by atoms with E-state index < -0.39 is 5.60 Å². The number of ether oxygens (including phenoxy) is 1. The molecule has 3 aromatic carbocycles. The summed E-state index contributed by atoms with van der Waals surface area (Å²) in [5.41, 5.74) is 3.06. The maximum atomic E-state index is 12.3. The SMILES string of the molecule is O=C(Cc1ccccc1)NCCC1=CC=C(OCc2ccccc2)C(O)(Cc2ccccc2)C1. The Balaban J connectivity index is 1.39. The highest BCUT2D eigenvalue weighted by Crippen LogP contribution is 2.35. The summed E-state index contributed by atoms with van der Waals surface area (Å²) >= 11 is 0. The van der Waals surface area contributed by atoms with Gasteiger partial charge in [-0.25, -0.2) is 0 Å². The van der Waals surface area contributed by atoms with E-state index >= 15 is 0 Å². The number of amides is 1. The number of aliphatic hydroxyl groups is 1. The van der Waals surface area contributed by atoms with E-state index in [4.69, 9.17) is 4.74 Å². The van der Waals surface area contributed by atoms with Crippen LogP contribution in [-0.2, 0) is 29.0 Å². The first kappa shape index (κ1) is 23.5. The first-order valence-corrected chi connectivity index (χ1v) is 11.7. The van der Waals surface area contributed by atoms with Crippen molar-refractivity contribution in [3.8, 4) is 0 Å². The predicted molar refractivity (Wildman–Crippen MR) is 135 cm³/mol. The van der Waals surface area contributed by atoms with Crippen molar-refractivity contribution in [3.05, 3.63) is 131 Å². The summed E-state index contributed by atoms with van der Waals surface area (Å²) in [5, 5.41) is 14.7. The Bertz CT molecular complexity index is 1120. The minimum atomic E-state index is -1.13. The van der Waals surface area contributed by atoms with Crippen LogP contribution in [0.25, 0.3) is 0 Å². The molecule has 0 aromatic heterocycles. The van der Waals surface area contributed by atoms with Gasteiger partial charge < -0.3 is 15.2 Å². The molecule has 34 heavy (non-hydrogen) atoms. The standard InChI is InChI=1S/C30H31NO3/c32-29(20-24-10-4-1-5-11-24)31-19-18-26-16-17-28(34-23-27-14-8-3-9-15-27)30(33,22-26)21-25-12-6-2-7-13-25/h1-17,33H,18-23H2,(H,31,32). The van der Waals surface area contributed by atoms with E-state index in [0.717, 1.165) is 22.3 Å². The number of benzene rings is 3. The molecule has 174 valence electrons. The molecular formula is C30H31NO3. The normalized spacial score (nSPS) is 17.4. The van der Waals surface area contributed by atoms with E-state index in [1.807, 2.05) is 103 Å². The zero-order chi connectivity index (χ0) is 23.6. The third-order valence-electron chi connectivity index (χ3n) is 6.00. The van der Waals surface area contributed by atoms with Crippen molar-refractivity contribution in [1.29, 1.82) is 0 Å². The second-order valence-corrected chi connectivity index (χ2v) is 8.76. The van der Waals surface area contributed by atoms with E-state index in [-0.39, 0.29) is 5.91 Å². The van der Waals surface area contributed by atoms with Gasteiger partial charge in [-0.1, -0.05) is 103 Å². The lowest BCUT2D eigenvalue weighted by Gasteiger charge is -2.34. The van der Waals surface area contributed by atoms with Gasteiger partial charge >= 0.3 is 0 Å². The molecule has 4 nitrogen and oxygen atoms in total. The summed E-state index contributed by atoms with van der Waals surface area (Å²) in [6.07, 6.45) is 5.89. The lowest BCUT2D eigenvalue weighted by atomic mass is 9.82. The molecule has 1 aliphatic carbocycles. The van der Waals surface area contributed by atoms with Gasteiger partial charge in [0.1, 0.15) is 18.0 Å². The van der Waals surface area contributed by atoms with Gasteiger partial charge in [0.2, 0.25) is 5.91 Å². The Morgan fingerprint density at radius 2 is 1.41 bits per heavy atom. The summed E-state index contributed by atoms with van der Waals surface area (Å²) in [4.78, 5) is 12.3. The fraction of sp³-hybridized carbons (Fsp3) is 0.233. The number of hydrogen-bond donors (Lipinski definition) is 2. The molecule has 1 unspecified atom stereocenters. The van der Waals surface area contributed by atoms with Gasteiger partial charge in [0.25, 0.3) is 0 Å². The molecule has 0 spiro atoms. The fourth-order valence-corrected chi connectivity index (χ4v) is 4.25. The smallest absolute Gasteiger partial charge is 0.224 e. The Morgan fingerprint density at radius 3 is 2.06 bits per heavy atom. The molecule has 0 fully saturated rings. The topological polar surface area (TPSA) is 58.6 Å². The van der Waals surface area contributed by atoms with Crippen LogP contribution in [0.4, 0.5) is 0 Å². The van der Waals surface area contributed by atoms with E-state index in [2.05, 4.69) is 5.32 Å². The van der Waals surface area contributed by atoms with Crippen LogP contribution in [-0.4, -0.2) is 23.2 Å². The van der Waals surface area contributed by atoms with Crippen LogP contribution in [0, 0.1) is 0 Å². The Kier molecular flexibility index (Phi) is 7.95. The zero-order valence-corrected chi connectivity index (χ0v) is 19.3. The van der Waals surface area contributed by atoms with Crippen LogP contribution in [0.15, 0.2) is 114 Å². The number of nitrogens with one attached hydrogen (secondary N) is 1. The van der Waals surface area contributed by atoms with Gasteiger partial charge in [0.15, 0.2) is 0 Å². The lowest BCUT2D eigenvalue weighted by molar-refractivity contribution is -0.120. The van der Waals surface area contributed by atoms with Crippen molar-refractivity contribution in [2.75, 3.05) is 6.54 Å². The number of carbonyl (C=O) groups is 1. The van der Waals surface area contributed by atoms with Crippen molar-refractivity contribution in [2.24, 2.45) is 0 Å². The van der Waals surface area contributed by atoms with Gasteiger partial charge in [0, 0.05) is 19.4 Å². The number of hydrogen-bond acceptors (Lipinski definition) is 3. The zero-order valence-electron chi connectivity index (χ0n) is 19.3. The van der Waals surface area contributed by atoms with Gasteiger partial charge in [0.05, 0.1) is 6.42 Å². The first-order valence-electron chi connectivity index (χ1n) is 11.7. The minimum Gasteiger partial charge on any atom is -0.490 e. The van der Waals surface area contributed by atoms with Gasteiger partial charge in [-0.2, -0.15) is 0 Å². The third-order valence-corrected chi connectivity index (χ3v) is 6.00. The maximum absolute atomic E-state index is 12.3. The Morgan fingerprint density at radius 1 is 0.824 bits per heavy atom. The second-order valence-electron chi connectivity index (χ2n) is 8.76. The Labute approximate surface area is 201 Å². The van der Waals surface area contributed by atoms with Crippen LogP contribution in [0.3, 0.4) is 0 Å². The Hall–Kier alpha value is -3.63. The van der Waals surface area contributed by atoms with E-state index in [0.29, 0.717) is 44.6 Å². The summed E-state index contributed by atoms with van der Waals surface area (Å²) in [5.74, 6) is 0.585. The average molecular weight is 454 g/mol. The van der Waals surface area contributed by atoms with Crippen LogP contribution in [0.1, 0.15) is 29.5 Å². The molecule has 1 aliphatic rings. The molecule has 4 heteroatoms. The number of rotatable bonds is 10. The van der Waals surface area contributed by atoms with Crippen LogP contribution >= 0.6 is 0 Å². The fourth-order valence-electron chi connectivity index (χ4n) is 4.25. The van der Waals surface area contributed by atoms with E-state index in [1.165, 1.54) is 0 Å². The molecule has 3 aromatic rings. The number of allylic oxidation sites excluding steroid dienone is 2. The monoisotopic (exact) mass is 453 g/mol. The molecule has 0 bridgehead atoms. The molecule has 1 atom stereocenters.